The number of hydrogen-bond donors (Lipinski definition) is 0. The molecule has 0 saturated carbocycles. The maximum Gasteiger partial charge on any atom is 0.419 e. The minimum atomic E-state index is -0.522. The second-order valence-corrected chi connectivity index (χ2v) is 6.06. The molecule has 0 amide bonds. The number of fused-ring (bicyclic) bond motifs is 1. The Morgan fingerprint density at radius 2 is 2.00 bits per heavy atom. The van der Waals surface area contributed by atoms with Crippen LogP contribution in [0.25, 0.3) is 11.1 Å². The Morgan fingerprint density at radius 1 is 1.21 bits per heavy atom. The van der Waals surface area contributed by atoms with Gasteiger partial charge in [-0.2, -0.15) is 0 Å². The standard InChI is InChI=1S/C18H16ClNO4/c1-11-3-6-15(12(2)9-11)23-17(21)7-8-20-14-5-4-13(19)10-16(14)24-18(20)22/h3-6,9-10H,7-8H2,1-2H3. The van der Waals surface area contributed by atoms with E-state index in [9.17, 15) is 9.59 Å². The lowest BCUT2D eigenvalue weighted by Gasteiger charge is -2.08. The molecule has 3 rings (SSSR count). The highest BCUT2D eigenvalue weighted by Crippen LogP contribution is 2.20. The number of ether oxygens (including phenoxy) is 1. The molecule has 0 aliphatic carbocycles. The van der Waals surface area contributed by atoms with Crippen molar-refractivity contribution in [2.45, 2.75) is 26.8 Å². The number of oxazole rings is 1. The fraction of sp³-hybridized carbons (Fsp3) is 0.222. The van der Waals surface area contributed by atoms with Crippen LogP contribution >= 0.6 is 11.6 Å². The zero-order valence-corrected chi connectivity index (χ0v) is 14.1. The zero-order valence-electron chi connectivity index (χ0n) is 13.3. The predicted molar refractivity (Wildman–Crippen MR) is 91.7 cm³/mol. The minimum absolute atomic E-state index is 0.0600. The Bertz CT molecular complexity index is 971. The molecule has 0 aliphatic heterocycles. The molecule has 0 fully saturated rings. The summed E-state index contributed by atoms with van der Waals surface area (Å²) in [5, 5.41) is 0.484. The lowest BCUT2D eigenvalue weighted by Crippen LogP contribution is -2.18. The maximum atomic E-state index is 12.1. The molecule has 2 aromatic carbocycles. The molecular formula is C18H16ClNO4. The number of aromatic nitrogens is 1. The average Bonchev–Trinajstić information content (AvgIpc) is 2.82. The van der Waals surface area contributed by atoms with Gasteiger partial charge in [-0.1, -0.05) is 29.3 Å². The number of carbonyl (C=O) groups is 1. The summed E-state index contributed by atoms with van der Waals surface area (Å²) in [6.45, 7) is 4.03. The van der Waals surface area contributed by atoms with E-state index in [0.29, 0.717) is 21.9 Å². The van der Waals surface area contributed by atoms with Gasteiger partial charge in [0.15, 0.2) is 5.58 Å². The molecule has 0 radical (unpaired) electrons. The summed E-state index contributed by atoms with van der Waals surface area (Å²) in [7, 11) is 0. The van der Waals surface area contributed by atoms with Crippen LogP contribution in [0.4, 0.5) is 0 Å². The summed E-state index contributed by atoms with van der Waals surface area (Å²) in [5.74, 6) is -0.398. The van der Waals surface area contributed by atoms with Gasteiger partial charge in [0.1, 0.15) is 5.75 Å². The second kappa shape index (κ2) is 6.53. The van der Waals surface area contributed by atoms with E-state index in [0.717, 1.165) is 11.1 Å². The lowest BCUT2D eigenvalue weighted by molar-refractivity contribution is -0.134. The van der Waals surface area contributed by atoms with Crippen molar-refractivity contribution in [3.8, 4) is 5.75 Å². The number of rotatable bonds is 4. The Morgan fingerprint density at radius 3 is 2.75 bits per heavy atom. The van der Waals surface area contributed by atoms with Crippen molar-refractivity contribution in [1.29, 1.82) is 0 Å². The van der Waals surface area contributed by atoms with Gasteiger partial charge in [-0.05, 0) is 37.6 Å². The molecule has 0 atom stereocenters. The molecule has 0 bridgehead atoms. The van der Waals surface area contributed by atoms with Gasteiger partial charge in [-0.25, -0.2) is 4.79 Å². The molecule has 1 heterocycles. The highest BCUT2D eigenvalue weighted by atomic mass is 35.5. The molecular weight excluding hydrogens is 330 g/mol. The van der Waals surface area contributed by atoms with Crippen molar-refractivity contribution in [1.82, 2.24) is 4.57 Å². The predicted octanol–water partition coefficient (Wildman–Crippen LogP) is 3.86. The molecule has 0 N–H and O–H groups in total. The molecule has 0 unspecified atom stereocenters. The van der Waals surface area contributed by atoms with Crippen LogP contribution < -0.4 is 10.5 Å². The van der Waals surface area contributed by atoms with E-state index in [-0.39, 0.29) is 13.0 Å². The Balaban J connectivity index is 1.73. The van der Waals surface area contributed by atoms with Crippen LogP contribution in [0.5, 0.6) is 5.75 Å². The highest BCUT2D eigenvalue weighted by molar-refractivity contribution is 6.31. The second-order valence-electron chi connectivity index (χ2n) is 5.62. The van der Waals surface area contributed by atoms with E-state index < -0.39 is 11.7 Å². The van der Waals surface area contributed by atoms with Crippen LogP contribution in [0, 0.1) is 13.8 Å². The summed E-state index contributed by atoms with van der Waals surface area (Å²) in [6.07, 6.45) is 0.0600. The average molecular weight is 346 g/mol. The van der Waals surface area contributed by atoms with E-state index >= 15 is 0 Å². The number of carbonyl (C=O) groups excluding carboxylic acids is 1. The molecule has 6 heteroatoms. The van der Waals surface area contributed by atoms with Crippen LogP contribution in [0.15, 0.2) is 45.6 Å². The minimum Gasteiger partial charge on any atom is -0.426 e. The first-order chi connectivity index (χ1) is 11.4. The van der Waals surface area contributed by atoms with Gasteiger partial charge in [-0.3, -0.25) is 9.36 Å². The van der Waals surface area contributed by atoms with E-state index in [4.69, 9.17) is 20.8 Å². The zero-order chi connectivity index (χ0) is 17.3. The first kappa shape index (κ1) is 16.3. The van der Waals surface area contributed by atoms with Crippen molar-refractivity contribution in [2.75, 3.05) is 0 Å². The first-order valence-electron chi connectivity index (χ1n) is 7.51. The number of esters is 1. The fourth-order valence-corrected chi connectivity index (χ4v) is 2.70. The highest BCUT2D eigenvalue weighted by Gasteiger charge is 2.13. The van der Waals surface area contributed by atoms with Crippen molar-refractivity contribution >= 4 is 28.7 Å². The van der Waals surface area contributed by atoms with Gasteiger partial charge in [0, 0.05) is 17.6 Å². The van der Waals surface area contributed by atoms with Crippen LogP contribution in [0.1, 0.15) is 17.5 Å². The third-order valence-corrected chi connectivity index (χ3v) is 3.96. The molecule has 1 aromatic heterocycles. The smallest absolute Gasteiger partial charge is 0.419 e. The first-order valence-corrected chi connectivity index (χ1v) is 7.88. The molecule has 124 valence electrons. The van der Waals surface area contributed by atoms with E-state index in [2.05, 4.69) is 0 Å². The third-order valence-electron chi connectivity index (χ3n) is 3.72. The number of benzene rings is 2. The molecule has 0 saturated heterocycles. The van der Waals surface area contributed by atoms with Crippen molar-refractivity contribution in [3.05, 3.63) is 63.1 Å². The number of nitrogens with zero attached hydrogens (tertiary/aromatic N) is 1. The fourth-order valence-electron chi connectivity index (χ4n) is 2.54. The van der Waals surface area contributed by atoms with E-state index in [1.807, 2.05) is 26.0 Å². The lowest BCUT2D eigenvalue weighted by atomic mass is 10.1. The topological polar surface area (TPSA) is 61.4 Å². The SMILES string of the molecule is Cc1ccc(OC(=O)CCn2c(=O)oc3cc(Cl)ccc32)c(C)c1. The van der Waals surface area contributed by atoms with Gasteiger partial charge < -0.3 is 9.15 Å². The Kier molecular flexibility index (Phi) is 4.44. The molecule has 0 spiro atoms. The van der Waals surface area contributed by atoms with Crippen LogP contribution in [0.3, 0.4) is 0 Å². The molecule has 5 nitrogen and oxygen atoms in total. The summed E-state index contributed by atoms with van der Waals surface area (Å²) in [5.41, 5.74) is 2.99. The molecule has 24 heavy (non-hydrogen) atoms. The summed E-state index contributed by atoms with van der Waals surface area (Å²) < 4.78 is 11.9. The van der Waals surface area contributed by atoms with Crippen LogP contribution in [-0.2, 0) is 11.3 Å². The maximum absolute atomic E-state index is 12.1. The van der Waals surface area contributed by atoms with Gasteiger partial charge in [0.2, 0.25) is 0 Å². The number of halogens is 1. The van der Waals surface area contributed by atoms with Gasteiger partial charge >= 0.3 is 11.7 Å². The van der Waals surface area contributed by atoms with Crippen molar-refractivity contribution in [2.24, 2.45) is 0 Å². The number of aryl methyl sites for hydroxylation is 3. The summed E-state index contributed by atoms with van der Waals surface area (Å²) in [6, 6.07) is 10.5. The normalized spacial score (nSPS) is 11.0. The van der Waals surface area contributed by atoms with Crippen molar-refractivity contribution < 1.29 is 13.9 Å². The van der Waals surface area contributed by atoms with Gasteiger partial charge in [0.25, 0.3) is 0 Å². The third kappa shape index (κ3) is 3.36. The van der Waals surface area contributed by atoms with E-state index in [1.54, 1.807) is 24.3 Å². The van der Waals surface area contributed by atoms with Crippen molar-refractivity contribution in [3.63, 3.8) is 0 Å². The quantitative estimate of drug-likeness (QED) is 0.532. The summed E-state index contributed by atoms with van der Waals surface area (Å²) in [4.78, 5) is 24.0. The molecule has 0 aliphatic rings. The summed E-state index contributed by atoms with van der Waals surface area (Å²) >= 11 is 5.88. The molecule has 3 aromatic rings. The monoisotopic (exact) mass is 345 g/mol. The largest absolute Gasteiger partial charge is 0.426 e. The Labute approximate surface area is 143 Å². The van der Waals surface area contributed by atoms with Crippen LogP contribution in [0.2, 0.25) is 5.02 Å². The van der Waals surface area contributed by atoms with Gasteiger partial charge in [0.05, 0.1) is 11.9 Å². The van der Waals surface area contributed by atoms with Gasteiger partial charge in [-0.15, -0.1) is 0 Å². The van der Waals surface area contributed by atoms with Crippen LogP contribution in [-0.4, -0.2) is 10.5 Å². The van der Waals surface area contributed by atoms with E-state index in [1.165, 1.54) is 4.57 Å². The number of hydrogen-bond acceptors (Lipinski definition) is 4. The Hall–Kier alpha value is -2.53.